The highest BCUT2D eigenvalue weighted by molar-refractivity contribution is 14.0. The third-order valence-corrected chi connectivity index (χ3v) is 3.61. The summed E-state index contributed by atoms with van der Waals surface area (Å²) in [6, 6.07) is 0. The minimum atomic E-state index is 0. The number of rotatable bonds is 9. The van der Waals surface area contributed by atoms with Crippen LogP contribution in [0.2, 0.25) is 0 Å². The van der Waals surface area contributed by atoms with Crippen molar-refractivity contribution in [3.05, 3.63) is 23.0 Å². The first-order chi connectivity index (χ1) is 11.1. The van der Waals surface area contributed by atoms with E-state index in [9.17, 15) is 0 Å². The summed E-state index contributed by atoms with van der Waals surface area (Å²) in [5.74, 6) is 1.68. The Morgan fingerprint density at radius 2 is 2.00 bits per heavy atom. The first kappa shape index (κ1) is 22.9. The average molecular weight is 450 g/mol. The molecule has 0 saturated heterocycles. The molecular formula is C17H31IN4O2. The van der Waals surface area contributed by atoms with Crippen LogP contribution in [0.5, 0.6) is 5.75 Å². The molecule has 0 radical (unpaired) electrons. The van der Waals surface area contributed by atoms with Crippen LogP contribution in [0.1, 0.15) is 36.6 Å². The van der Waals surface area contributed by atoms with Gasteiger partial charge in [-0.3, -0.25) is 9.98 Å². The number of methoxy groups -OCH3 is 1. The summed E-state index contributed by atoms with van der Waals surface area (Å²) in [7, 11) is 3.46. The van der Waals surface area contributed by atoms with E-state index in [1.807, 2.05) is 27.0 Å². The molecule has 1 aromatic heterocycles. The van der Waals surface area contributed by atoms with Gasteiger partial charge >= 0.3 is 0 Å². The van der Waals surface area contributed by atoms with Crippen molar-refractivity contribution in [3.8, 4) is 5.75 Å². The number of aliphatic imine (C=N–C) groups is 1. The number of aryl methyl sites for hydroxylation is 1. The van der Waals surface area contributed by atoms with E-state index >= 15 is 0 Å². The highest BCUT2D eigenvalue weighted by Crippen LogP contribution is 2.23. The molecule has 2 N–H and O–H groups in total. The third-order valence-electron chi connectivity index (χ3n) is 3.61. The lowest BCUT2D eigenvalue weighted by Crippen LogP contribution is -2.37. The van der Waals surface area contributed by atoms with E-state index in [0.717, 1.165) is 61.1 Å². The molecule has 6 nitrogen and oxygen atoms in total. The second-order valence-electron chi connectivity index (χ2n) is 5.30. The number of nitrogens with zero attached hydrogens (tertiary/aromatic N) is 2. The van der Waals surface area contributed by atoms with Crippen molar-refractivity contribution in [1.29, 1.82) is 0 Å². The van der Waals surface area contributed by atoms with Gasteiger partial charge in [0.15, 0.2) is 5.96 Å². The monoisotopic (exact) mass is 450 g/mol. The molecule has 24 heavy (non-hydrogen) atoms. The van der Waals surface area contributed by atoms with Crippen LogP contribution in [0, 0.1) is 13.8 Å². The maximum absolute atomic E-state index is 5.44. The second-order valence-corrected chi connectivity index (χ2v) is 5.30. The highest BCUT2D eigenvalue weighted by Gasteiger charge is 2.09. The lowest BCUT2D eigenvalue weighted by atomic mass is 10.1. The van der Waals surface area contributed by atoms with Crippen LogP contribution in [-0.4, -0.2) is 44.9 Å². The van der Waals surface area contributed by atoms with Gasteiger partial charge in [0.1, 0.15) is 5.75 Å². The quantitative estimate of drug-likeness (QED) is 0.262. The van der Waals surface area contributed by atoms with Crippen molar-refractivity contribution < 1.29 is 9.47 Å². The van der Waals surface area contributed by atoms with Crippen LogP contribution in [0.4, 0.5) is 0 Å². The Morgan fingerprint density at radius 1 is 1.25 bits per heavy atom. The number of aromatic nitrogens is 1. The summed E-state index contributed by atoms with van der Waals surface area (Å²) in [6.07, 6.45) is 3.94. The summed E-state index contributed by atoms with van der Waals surface area (Å²) in [5, 5.41) is 6.59. The van der Waals surface area contributed by atoms with Crippen LogP contribution in [0.15, 0.2) is 11.2 Å². The van der Waals surface area contributed by atoms with Crippen LogP contribution < -0.4 is 15.4 Å². The minimum absolute atomic E-state index is 0. The van der Waals surface area contributed by atoms with Gasteiger partial charge in [-0.05, 0) is 33.6 Å². The molecule has 138 valence electrons. The van der Waals surface area contributed by atoms with Gasteiger partial charge in [-0.1, -0.05) is 0 Å². The minimum Gasteiger partial charge on any atom is -0.496 e. The maximum atomic E-state index is 5.44. The van der Waals surface area contributed by atoms with E-state index in [1.54, 1.807) is 14.2 Å². The molecule has 0 unspecified atom stereocenters. The van der Waals surface area contributed by atoms with Crippen LogP contribution in [0.3, 0.4) is 0 Å². The van der Waals surface area contributed by atoms with Gasteiger partial charge < -0.3 is 20.1 Å². The van der Waals surface area contributed by atoms with Crippen LogP contribution in [0.25, 0.3) is 0 Å². The second kappa shape index (κ2) is 13.2. The Morgan fingerprint density at radius 3 is 2.62 bits per heavy atom. The Hall–Kier alpha value is -1.09. The Bertz CT molecular complexity index is 510. The molecule has 0 bridgehead atoms. The summed E-state index contributed by atoms with van der Waals surface area (Å²) in [5.41, 5.74) is 3.07. The van der Waals surface area contributed by atoms with E-state index in [-0.39, 0.29) is 24.0 Å². The molecule has 1 heterocycles. The first-order valence-corrected chi connectivity index (χ1v) is 8.15. The molecule has 0 amide bonds. The summed E-state index contributed by atoms with van der Waals surface area (Å²) in [4.78, 5) is 8.71. The predicted molar refractivity (Wildman–Crippen MR) is 110 cm³/mol. The van der Waals surface area contributed by atoms with Gasteiger partial charge in [0.25, 0.3) is 0 Å². The molecule has 7 heteroatoms. The normalized spacial score (nSPS) is 11.0. The smallest absolute Gasteiger partial charge is 0.191 e. The highest BCUT2D eigenvalue weighted by atomic mass is 127. The van der Waals surface area contributed by atoms with Crippen molar-refractivity contribution in [2.24, 2.45) is 4.99 Å². The maximum Gasteiger partial charge on any atom is 0.191 e. The van der Waals surface area contributed by atoms with Gasteiger partial charge in [-0.25, -0.2) is 0 Å². The number of halogens is 1. The number of ether oxygens (including phenoxy) is 2. The van der Waals surface area contributed by atoms with Crippen molar-refractivity contribution in [2.45, 2.75) is 40.2 Å². The zero-order valence-electron chi connectivity index (χ0n) is 15.4. The van der Waals surface area contributed by atoms with Crippen LogP contribution in [-0.2, 0) is 11.3 Å². The lowest BCUT2D eigenvalue weighted by molar-refractivity contribution is 0.143. The van der Waals surface area contributed by atoms with Gasteiger partial charge in [-0.2, -0.15) is 0 Å². The largest absolute Gasteiger partial charge is 0.496 e. The fourth-order valence-electron chi connectivity index (χ4n) is 2.32. The van der Waals surface area contributed by atoms with Crippen molar-refractivity contribution in [1.82, 2.24) is 15.6 Å². The van der Waals surface area contributed by atoms with E-state index < -0.39 is 0 Å². The Balaban J connectivity index is 0.00000529. The molecule has 0 aliphatic heterocycles. The molecule has 0 aromatic carbocycles. The third kappa shape index (κ3) is 7.65. The topological polar surface area (TPSA) is 67.8 Å². The molecule has 0 aliphatic rings. The SMILES string of the molecule is CCOCCCCNC(=NC)NCc1ncc(C)c(OC)c1C.I. The number of hydrogen-bond donors (Lipinski definition) is 2. The Labute approximate surface area is 162 Å². The molecule has 1 aromatic rings. The van der Waals surface area contributed by atoms with Gasteiger partial charge in [0.05, 0.1) is 19.3 Å². The Kier molecular flexibility index (Phi) is 12.6. The molecule has 0 atom stereocenters. The molecule has 0 aliphatic carbocycles. The zero-order chi connectivity index (χ0) is 17.1. The number of hydrogen-bond acceptors (Lipinski definition) is 4. The molecule has 0 spiro atoms. The number of guanidine groups is 1. The summed E-state index contributed by atoms with van der Waals surface area (Å²) < 4.78 is 10.8. The van der Waals surface area contributed by atoms with E-state index in [0.29, 0.717) is 6.54 Å². The predicted octanol–water partition coefficient (Wildman–Crippen LogP) is 2.81. The average Bonchev–Trinajstić information content (AvgIpc) is 2.55. The van der Waals surface area contributed by atoms with Gasteiger partial charge in [-0.15, -0.1) is 24.0 Å². The van der Waals surface area contributed by atoms with E-state index in [1.165, 1.54) is 0 Å². The number of pyridine rings is 1. The fraction of sp³-hybridized carbons (Fsp3) is 0.647. The molecule has 1 rings (SSSR count). The van der Waals surface area contributed by atoms with E-state index in [4.69, 9.17) is 9.47 Å². The number of unbranched alkanes of at least 4 members (excludes halogenated alkanes) is 1. The summed E-state index contributed by atoms with van der Waals surface area (Å²) in [6.45, 7) is 9.12. The van der Waals surface area contributed by atoms with Gasteiger partial charge in [0.2, 0.25) is 0 Å². The standard InChI is InChI=1S/C17H30N4O2.HI/c1-6-23-10-8-7-9-19-17(18-4)21-12-15-14(3)16(22-5)13(2)11-20-15;/h11H,6-10,12H2,1-5H3,(H2,18,19,21);1H. The lowest BCUT2D eigenvalue weighted by Gasteiger charge is -2.15. The zero-order valence-corrected chi connectivity index (χ0v) is 17.8. The summed E-state index contributed by atoms with van der Waals surface area (Å²) >= 11 is 0. The first-order valence-electron chi connectivity index (χ1n) is 8.15. The van der Waals surface area contributed by atoms with Gasteiger partial charge in [0, 0.05) is 44.1 Å². The van der Waals surface area contributed by atoms with Crippen molar-refractivity contribution in [3.63, 3.8) is 0 Å². The van der Waals surface area contributed by atoms with Crippen LogP contribution >= 0.6 is 24.0 Å². The van der Waals surface area contributed by atoms with E-state index in [2.05, 4.69) is 20.6 Å². The van der Waals surface area contributed by atoms with Crippen molar-refractivity contribution >= 4 is 29.9 Å². The molecular weight excluding hydrogens is 419 g/mol. The van der Waals surface area contributed by atoms with Crippen molar-refractivity contribution in [2.75, 3.05) is 33.9 Å². The molecule has 0 saturated carbocycles. The fourth-order valence-corrected chi connectivity index (χ4v) is 2.32. The molecule has 0 fully saturated rings. The number of nitrogens with one attached hydrogen (secondary N) is 2.